The molecule has 1 fully saturated rings. The van der Waals surface area contributed by atoms with Gasteiger partial charge in [-0.2, -0.15) is 0 Å². The summed E-state index contributed by atoms with van der Waals surface area (Å²) in [6.07, 6.45) is 52.3. The normalized spacial score (nSPS) is 19.9. The zero-order valence-corrected chi connectivity index (χ0v) is 46.5. The van der Waals surface area contributed by atoms with Crippen LogP contribution in [0.4, 0.5) is 0 Å². The summed E-state index contributed by atoms with van der Waals surface area (Å²) in [4.78, 5) is 26.4. The Balaban J connectivity index is 2.67. The van der Waals surface area contributed by atoms with Crippen LogP contribution in [0.1, 0.15) is 245 Å². The molecular formula is C62H109NO10. The Hall–Kier alpha value is -2.90. The molecule has 73 heavy (non-hydrogen) atoms. The molecule has 1 rings (SSSR count). The first kappa shape index (κ1) is 68.1. The summed E-state index contributed by atoms with van der Waals surface area (Å²) in [7, 11) is 0. The standard InChI is InChI=1S/C62H109NO10/c1-4-7-10-13-16-19-22-23-24-25-26-27-28-29-30-31-32-35-37-40-43-46-49-55(66)61(70)63-53(54(65)48-45-42-39-36-33-20-17-14-11-8-5-2)52-71-62-60(59(69)58(68)56(51-64)72-62)73-57(67)50-47-44-41-38-34-21-18-15-12-9-6-3/h7,10,16,19,23-24,26-27,29-30,45,48,53-56,58-60,62,64-66,68-69H,4-6,8-9,11-15,17-18,20-22,25,28,31-44,46-47,49-52H2,1-3H3,(H,63,70)/b10-7-,19-16-,24-23-,27-26-,30-29-,48-45+. The molecule has 422 valence electrons. The highest BCUT2D eigenvalue weighted by Gasteiger charge is 2.47. The van der Waals surface area contributed by atoms with Crippen molar-refractivity contribution in [3.8, 4) is 0 Å². The third kappa shape index (κ3) is 38.3. The lowest BCUT2D eigenvalue weighted by Crippen LogP contribution is -2.61. The number of esters is 1. The molecule has 6 N–H and O–H groups in total. The van der Waals surface area contributed by atoms with Crippen LogP contribution in [0.5, 0.6) is 0 Å². The van der Waals surface area contributed by atoms with E-state index in [1.54, 1.807) is 6.08 Å². The van der Waals surface area contributed by atoms with Gasteiger partial charge in [0.25, 0.3) is 0 Å². The maximum atomic E-state index is 13.4. The topological polar surface area (TPSA) is 175 Å². The third-order valence-electron chi connectivity index (χ3n) is 13.6. The Morgan fingerprint density at radius 3 is 1.48 bits per heavy atom. The number of unbranched alkanes of at least 4 members (excludes halogenated alkanes) is 25. The number of aliphatic hydroxyl groups excluding tert-OH is 5. The van der Waals surface area contributed by atoms with Crippen molar-refractivity contribution >= 4 is 11.9 Å². The van der Waals surface area contributed by atoms with Crippen LogP contribution >= 0.6 is 0 Å². The van der Waals surface area contributed by atoms with Crippen molar-refractivity contribution in [3.63, 3.8) is 0 Å². The number of aliphatic hydroxyl groups is 5. The second kappa shape index (κ2) is 49.9. The molecule has 0 bridgehead atoms. The number of amides is 1. The first-order chi connectivity index (χ1) is 35.7. The number of carbonyl (C=O) groups excluding carboxylic acids is 2. The first-order valence-corrected chi connectivity index (χ1v) is 29.7. The molecule has 0 radical (unpaired) electrons. The molecule has 0 aromatic rings. The number of nitrogens with one attached hydrogen (secondary N) is 1. The molecule has 0 saturated carbocycles. The Morgan fingerprint density at radius 1 is 0.548 bits per heavy atom. The number of rotatable bonds is 49. The van der Waals surface area contributed by atoms with Gasteiger partial charge in [-0.1, -0.05) is 241 Å². The quantitative estimate of drug-likeness (QED) is 0.0195. The molecule has 0 spiro atoms. The van der Waals surface area contributed by atoms with Crippen molar-refractivity contribution in [2.75, 3.05) is 13.2 Å². The molecule has 1 amide bonds. The lowest BCUT2D eigenvalue weighted by molar-refractivity contribution is -0.305. The van der Waals surface area contributed by atoms with E-state index in [-0.39, 0.29) is 19.4 Å². The molecule has 0 aromatic carbocycles. The highest BCUT2D eigenvalue weighted by Crippen LogP contribution is 2.26. The van der Waals surface area contributed by atoms with Crippen LogP contribution in [0.25, 0.3) is 0 Å². The largest absolute Gasteiger partial charge is 0.454 e. The van der Waals surface area contributed by atoms with Gasteiger partial charge in [0.2, 0.25) is 5.91 Å². The number of ether oxygens (including phenoxy) is 3. The van der Waals surface area contributed by atoms with E-state index in [4.69, 9.17) is 14.2 Å². The lowest BCUT2D eigenvalue weighted by Gasteiger charge is -2.41. The summed E-state index contributed by atoms with van der Waals surface area (Å²) in [6.45, 7) is 5.64. The molecule has 8 unspecified atom stereocenters. The summed E-state index contributed by atoms with van der Waals surface area (Å²) in [6, 6.07) is -1.03. The minimum atomic E-state index is -1.61. The molecule has 0 aromatic heterocycles. The molecule has 11 heteroatoms. The lowest BCUT2D eigenvalue weighted by atomic mass is 9.99. The van der Waals surface area contributed by atoms with Crippen molar-refractivity contribution in [2.24, 2.45) is 0 Å². The van der Waals surface area contributed by atoms with E-state index in [2.05, 4.69) is 86.8 Å². The number of hydrogen-bond acceptors (Lipinski definition) is 10. The molecular weight excluding hydrogens is 919 g/mol. The Morgan fingerprint density at radius 2 is 0.986 bits per heavy atom. The van der Waals surface area contributed by atoms with Gasteiger partial charge in [0.05, 0.1) is 25.4 Å². The molecule has 0 aliphatic carbocycles. The predicted octanol–water partition coefficient (Wildman–Crippen LogP) is 13.6. The summed E-state index contributed by atoms with van der Waals surface area (Å²) in [5.74, 6) is -1.21. The van der Waals surface area contributed by atoms with E-state index in [0.717, 1.165) is 109 Å². The van der Waals surface area contributed by atoms with Crippen LogP contribution in [0.2, 0.25) is 0 Å². The van der Waals surface area contributed by atoms with Crippen molar-refractivity contribution in [1.29, 1.82) is 0 Å². The van der Waals surface area contributed by atoms with Gasteiger partial charge < -0.3 is 45.1 Å². The van der Waals surface area contributed by atoms with E-state index in [1.165, 1.54) is 89.9 Å². The van der Waals surface area contributed by atoms with E-state index in [1.807, 2.05) is 6.08 Å². The van der Waals surface area contributed by atoms with Gasteiger partial charge in [0.15, 0.2) is 12.4 Å². The maximum Gasteiger partial charge on any atom is 0.306 e. The molecule has 1 saturated heterocycles. The monoisotopic (exact) mass is 1030 g/mol. The predicted molar refractivity (Wildman–Crippen MR) is 301 cm³/mol. The van der Waals surface area contributed by atoms with Gasteiger partial charge in [-0.15, -0.1) is 0 Å². The van der Waals surface area contributed by atoms with Gasteiger partial charge in [-0.3, -0.25) is 9.59 Å². The highest BCUT2D eigenvalue weighted by molar-refractivity contribution is 5.80. The van der Waals surface area contributed by atoms with Gasteiger partial charge in [0.1, 0.15) is 24.4 Å². The van der Waals surface area contributed by atoms with E-state index >= 15 is 0 Å². The second-order valence-electron chi connectivity index (χ2n) is 20.4. The van der Waals surface area contributed by atoms with E-state index in [0.29, 0.717) is 12.8 Å². The summed E-state index contributed by atoms with van der Waals surface area (Å²) < 4.78 is 17.5. The maximum absolute atomic E-state index is 13.4. The van der Waals surface area contributed by atoms with Crippen LogP contribution in [0.3, 0.4) is 0 Å². The zero-order valence-electron chi connectivity index (χ0n) is 46.5. The first-order valence-electron chi connectivity index (χ1n) is 29.7. The van der Waals surface area contributed by atoms with Gasteiger partial charge in [-0.05, 0) is 70.6 Å². The molecule has 1 heterocycles. The van der Waals surface area contributed by atoms with Gasteiger partial charge in [0, 0.05) is 6.42 Å². The van der Waals surface area contributed by atoms with Crippen molar-refractivity contribution in [2.45, 2.75) is 294 Å². The van der Waals surface area contributed by atoms with E-state index < -0.39 is 67.4 Å². The number of hydrogen-bond donors (Lipinski definition) is 6. The average Bonchev–Trinajstić information content (AvgIpc) is 3.39. The smallest absolute Gasteiger partial charge is 0.306 e. The minimum Gasteiger partial charge on any atom is -0.454 e. The van der Waals surface area contributed by atoms with Crippen LogP contribution < -0.4 is 5.32 Å². The second-order valence-corrected chi connectivity index (χ2v) is 20.4. The summed E-state index contributed by atoms with van der Waals surface area (Å²) in [5, 5.41) is 56.8. The molecule has 11 nitrogen and oxygen atoms in total. The zero-order chi connectivity index (χ0) is 53.3. The summed E-state index contributed by atoms with van der Waals surface area (Å²) in [5.41, 5.74) is 0. The van der Waals surface area contributed by atoms with Gasteiger partial charge in [-0.25, -0.2) is 0 Å². The third-order valence-corrected chi connectivity index (χ3v) is 13.6. The van der Waals surface area contributed by atoms with Crippen LogP contribution in [0, 0.1) is 0 Å². The Bertz CT molecular complexity index is 1460. The average molecular weight is 1030 g/mol. The Labute approximate surface area is 445 Å². The van der Waals surface area contributed by atoms with Gasteiger partial charge >= 0.3 is 5.97 Å². The molecule has 1 aliphatic rings. The SMILES string of the molecule is CC/C=C\C/C=C\C/C=C\C/C=C\C/C=C\CCCCCCCCC(O)C(=O)NC(COC1OC(CO)C(O)C(O)C1OC(=O)CCCCCCCCCCCCC)C(O)/C=C/CCCCCCCCCCC. The fraction of sp³-hybridized carbons (Fsp3) is 0.774. The number of allylic oxidation sites excluding steroid dienone is 11. The Kier molecular flexibility index (Phi) is 46.6. The van der Waals surface area contributed by atoms with Crippen molar-refractivity contribution in [1.82, 2.24) is 5.32 Å². The van der Waals surface area contributed by atoms with E-state index in [9.17, 15) is 35.1 Å². The highest BCUT2D eigenvalue weighted by atomic mass is 16.7. The van der Waals surface area contributed by atoms with Crippen LogP contribution in [-0.4, -0.2) is 99.6 Å². The minimum absolute atomic E-state index is 0.122. The molecule has 8 atom stereocenters. The fourth-order valence-electron chi connectivity index (χ4n) is 8.91. The number of carbonyl (C=O) groups is 2. The molecule has 1 aliphatic heterocycles. The van der Waals surface area contributed by atoms with Crippen LogP contribution in [0.15, 0.2) is 72.9 Å². The fourth-order valence-corrected chi connectivity index (χ4v) is 8.91. The van der Waals surface area contributed by atoms with Crippen molar-refractivity contribution in [3.05, 3.63) is 72.9 Å². The van der Waals surface area contributed by atoms with Crippen molar-refractivity contribution < 1.29 is 49.3 Å². The summed E-state index contributed by atoms with van der Waals surface area (Å²) >= 11 is 0. The van der Waals surface area contributed by atoms with Crippen LogP contribution in [-0.2, 0) is 23.8 Å².